The van der Waals surface area contributed by atoms with Crippen LogP contribution in [-0.2, 0) is 0 Å². The number of hydrazone groups is 1. The molecule has 1 aliphatic heterocycles. The van der Waals surface area contributed by atoms with Crippen molar-refractivity contribution in [2.45, 2.75) is 26.7 Å². The maximum absolute atomic E-state index is 4.70. The van der Waals surface area contributed by atoms with Crippen LogP contribution in [0.5, 0.6) is 0 Å². The highest BCUT2D eigenvalue weighted by Gasteiger charge is 2.50. The first-order chi connectivity index (χ1) is 8.57. The Balaban J connectivity index is 1.61. The molecule has 0 aromatic rings. The zero-order chi connectivity index (χ0) is 12.8. The number of allylic oxidation sites excluding steroid dienone is 2. The quantitative estimate of drug-likeness (QED) is 0.697. The first-order valence-electron chi connectivity index (χ1n) is 7.25. The number of hydrogen-bond donors (Lipinski definition) is 0. The summed E-state index contributed by atoms with van der Waals surface area (Å²) < 4.78 is 0. The van der Waals surface area contributed by atoms with Crippen molar-refractivity contribution in [3.05, 3.63) is 11.6 Å². The first-order valence-corrected chi connectivity index (χ1v) is 7.25. The zero-order valence-corrected chi connectivity index (χ0v) is 11.9. The molecule has 2 fully saturated rings. The molecule has 0 aromatic heterocycles. The Morgan fingerprint density at radius 3 is 2.61 bits per heavy atom. The molecule has 1 saturated carbocycles. The summed E-state index contributed by atoms with van der Waals surface area (Å²) >= 11 is 0. The molecule has 1 heterocycles. The molecule has 3 heteroatoms. The lowest BCUT2D eigenvalue weighted by molar-refractivity contribution is -0.00139. The fourth-order valence-corrected chi connectivity index (χ4v) is 3.60. The minimum Gasteiger partial charge on any atom is -0.303 e. The van der Waals surface area contributed by atoms with E-state index in [2.05, 4.69) is 43.1 Å². The molecule has 2 bridgehead atoms. The smallest absolute Gasteiger partial charge is 0.0502 e. The molecule has 0 N–H and O–H groups in total. The molecule has 0 unspecified atom stereocenters. The predicted molar refractivity (Wildman–Crippen MR) is 75.6 cm³/mol. The fraction of sp³-hybridized carbons (Fsp3) is 0.800. The predicted octanol–water partition coefficient (Wildman–Crippen LogP) is 2.21. The molecule has 3 nitrogen and oxygen atoms in total. The molecular formula is C15H25N3. The van der Waals surface area contributed by atoms with E-state index in [-0.39, 0.29) is 0 Å². The third kappa shape index (κ3) is 1.99. The van der Waals surface area contributed by atoms with Crippen LogP contribution in [0.15, 0.2) is 16.8 Å². The van der Waals surface area contributed by atoms with Gasteiger partial charge in [0.1, 0.15) is 0 Å². The van der Waals surface area contributed by atoms with Gasteiger partial charge >= 0.3 is 0 Å². The lowest BCUT2D eigenvalue weighted by Gasteiger charge is -2.55. The summed E-state index contributed by atoms with van der Waals surface area (Å²) in [6, 6.07) is 0. The molecule has 18 heavy (non-hydrogen) atoms. The number of nitrogens with zero attached hydrogens (tertiary/aromatic N) is 3. The highest BCUT2D eigenvalue weighted by Crippen LogP contribution is 2.58. The Labute approximate surface area is 111 Å². The molecule has 0 aromatic carbocycles. The van der Waals surface area contributed by atoms with Gasteiger partial charge in [0.05, 0.1) is 6.21 Å². The normalized spacial score (nSPS) is 35.5. The number of hydrogen-bond acceptors (Lipinski definition) is 3. The Morgan fingerprint density at radius 2 is 2.00 bits per heavy atom. The van der Waals surface area contributed by atoms with Gasteiger partial charge in [0.2, 0.25) is 0 Å². The van der Waals surface area contributed by atoms with Crippen molar-refractivity contribution in [1.82, 2.24) is 9.91 Å². The van der Waals surface area contributed by atoms with Gasteiger partial charge < -0.3 is 4.90 Å². The van der Waals surface area contributed by atoms with Crippen molar-refractivity contribution in [3.63, 3.8) is 0 Å². The average Bonchev–Trinajstić information content (AvgIpc) is 2.38. The van der Waals surface area contributed by atoms with E-state index in [4.69, 9.17) is 5.10 Å². The van der Waals surface area contributed by atoms with Crippen molar-refractivity contribution in [2.75, 3.05) is 33.2 Å². The van der Waals surface area contributed by atoms with E-state index < -0.39 is 0 Å². The van der Waals surface area contributed by atoms with Gasteiger partial charge in [-0.05, 0) is 42.7 Å². The van der Waals surface area contributed by atoms with Gasteiger partial charge in [-0.1, -0.05) is 19.9 Å². The van der Waals surface area contributed by atoms with Crippen LogP contribution in [0.1, 0.15) is 26.7 Å². The van der Waals surface area contributed by atoms with E-state index in [0.29, 0.717) is 5.41 Å². The van der Waals surface area contributed by atoms with Crippen LogP contribution in [0.2, 0.25) is 0 Å². The van der Waals surface area contributed by atoms with E-state index in [1.807, 2.05) is 0 Å². The highest BCUT2D eigenvalue weighted by atomic mass is 15.5. The van der Waals surface area contributed by atoms with E-state index >= 15 is 0 Å². The molecule has 2 atom stereocenters. The third-order valence-corrected chi connectivity index (χ3v) is 5.36. The van der Waals surface area contributed by atoms with Crippen LogP contribution in [0.3, 0.4) is 0 Å². The number of likely N-dealkylation sites (N-methyl/N-ethyl adjacent to an activating group) is 1. The van der Waals surface area contributed by atoms with Gasteiger partial charge in [-0.15, -0.1) is 0 Å². The van der Waals surface area contributed by atoms with Crippen LogP contribution in [0.25, 0.3) is 0 Å². The summed E-state index contributed by atoms with van der Waals surface area (Å²) in [5.74, 6) is 1.68. The largest absolute Gasteiger partial charge is 0.303 e. The Hall–Kier alpha value is -0.830. The van der Waals surface area contributed by atoms with Crippen molar-refractivity contribution < 1.29 is 0 Å². The lowest BCUT2D eigenvalue weighted by Crippen LogP contribution is -2.48. The number of piperazine rings is 1. The molecule has 0 radical (unpaired) electrons. The minimum atomic E-state index is 0.512. The Morgan fingerprint density at radius 1 is 1.28 bits per heavy atom. The fourth-order valence-electron chi connectivity index (χ4n) is 3.60. The van der Waals surface area contributed by atoms with E-state index in [0.717, 1.165) is 38.0 Å². The molecule has 100 valence electrons. The average molecular weight is 247 g/mol. The summed E-state index contributed by atoms with van der Waals surface area (Å²) in [5, 5.41) is 6.92. The van der Waals surface area contributed by atoms with Gasteiger partial charge in [0, 0.05) is 26.2 Å². The molecule has 3 aliphatic carbocycles. The van der Waals surface area contributed by atoms with Crippen molar-refractivity contribution in [3.8, 4) is 0 Å². The molecule has 4 aliphatic rings. The van der Waals surface area contributed by atoms with Crippen molar-refractivity contribution >= 4 is 6.21 Å². The SMILES string of the molecule is CN1CCN(/N=C/C2=CC[C@H]3C[C@H]2C3(C)C)CC1. The van der Waals surface area contributed by atoms with Gasteiger partial charge in [-0.2, -0.15) is 5.10 Å². The van der Waals surface area contributed by atoms with E-state index in [1.54, 1.807) is 0 Å². The molecular weight excluding hydrogens is 222 g/mol. The standard InChI is InChI=1S/C15H25N3/c1-15(2)13-5-4-12(14(15)10-13)11-16-18-8-6-17(3)7-9-18/h4,11,13-14H,5-10H2,1-3H3/b16-11+/t13-,14+/m0/s1. The van der Waals surface area contributed by atoms with Crippen LogP contribution < -0.4 is 0 Å². The van der Waals surface area contributed by atoms with Crippen LogP contribution in [-0.4, -0.2) is 49.4 Å². The minimum absolute atomic E-state index is 0.512. The first kappa shape index (κ1) is 12.2. The topological polar surface area (TPSA) is 18.8 Å². The van der Waals surface area contributed by atoms with Gasteiger partial charge in [0.25, 0.3) is 0 Å². The Kier molecular flexibility index (Phi) is 2.97. The summed E-state index contributed by atoms with van der Waals surface area (Å²) in [5.41, 5.74) is 2.00. The molecule has 0 amide bonds. The van der Waals surface area contributed by atoms with Crippen LogP contribution in [0, 0.1) is 17.3 Å². The second kappa shape index (κ2) is 4.37. The second-order valence-corrected chi connectivity index (χ2v) is 6.75. The summed E-state index contributed by atoms with van der Waals surface area (Å²) in [7, 11) is 2.18. The monoisotopic (exact) mass is 247 g/mol. The van der Waals surface area contributed by atoms with Gasteiger partial charge in [-0.3, -0.25) is 5.01 Å². The Bertz CT molecular complexity index is 375. The zero-order valence-electron chi connectivity index (χ0n) is 11.9. The maximum Gasteiger partial charge on any atom is 0.0502 e. The molecule has 1 saturated heterocycles. The number of rotatable bonds is 2. The molecule has 4 rings (SSSR count). The van der Waals surface area contributed by atoms with Crippen molar-refractivity contribution in [1.29, 1.82) is 0 Å². The lowest BCUT2D eigenvalue weighted by atomic mass is 9.49. The van der Waals surface area contributed by atoms with Gasteiger partial charge in [-0.25, -0.2) is 0 Å². The summed E-state index contributed by atoms with van der Waals surface area (Å²) in [6.07, 6.45) is 7.21. The number of fused-ring (bicyclic) bond motifs is 1. The highest BCUT2D eigenvalue weighted by molar-refractivity contribution is 5.80. The van der Waals surface area contributed by atoms with E-state index in [9.17, 15) is 0 Å². The molecule has 0 spiro atoms. The van der Waals surface area contributed by atoms with Gasteiger partial charge in [0.15, 0.2) is 0 Å². The third-order valence-electron chi connectivity index (χ3n) is 5.36. The summed E-state index contributed by atoms with van der Waals surface area (Å²) in [4.78, 5) is 2.37. The second-order valence-electron chi connectivity index (χ2n) is 6.75. The van der Waals surface area contributed by atoms with E-state index in [1.165, 1.54) is 18.4 Å². The maximum atomic E-state index is 4.70. The summed E-state index contributed by atoms with van der Waals surface area (Å²) in [6.45, 7) is 9.24. The van der Waals surface area contributed by atoms with Crippen LogP contribution in [0.4, 0.5) is 0 Å². The van der Waals surface area contributed by atoms with Crippen molar-refractivity contribution in [2.24, 2.45) is 22.4 Å². The van der Waals surface area contributed by atoms with Crippen LogP contribution >= 0.6 is 0 Å².